The van der Waals surface area contributed by atoms with Gasteiger partial charge in [-0.05, 0) is 24.1 Å². The quantitative estimate of drug-likeness (QED) is 0.820. The van der Waals surface area contributed by atoms with Gasteiger partial charge in [0.2, 0.25) is 5.91 Å². The van der Waals surface area contributed by atoms with E-state index < -0.39 is 29.5 Å². The van der Waals surface area contributed by atoms with E-state index in [1.807, 2.05) is 6.92 Å². The summed E-state index contributed by atoms with van der Waals surface area (Å²) < 4.78 is 51.1. The Morgan fingerprint density at radius 3 is 2.60 bits per heavy atom. The van der Waals surface area contributed by atoms with Crippen LogP contribution in [0.1, 0.15) is 30.9 Å². The molecule has 0 fully saturated rings. The minimum absolute atomic E-state index is 0.198. The van der Waals surface area contributed by atoms with E-state index in [1.54, 1.807) is 0 Å². The normalized spacial score (nSPS) is 13.1. The predicted molar refractivity (Wildman–Crippen MR) is 66.1 cm³/mol. The SMILES string of the molecule is CCCC(N)C(=O)NCc1ccc(F)cc1C(F)(F)F. The lowest BCUT2D eigenvalue weighted by atomic mass is 10.1. The zero-order chi connectivity index (χ0) is 15.3. The molecule has 1 aromatic carbocycles. The Bertz CT molecular complexity index is 474. The van der Waals surface area contributed by atoms with Gasteiger partial charge >= 0.3 is 6.18 Å². The fraction of sp³-hybridized carbons (Fsp3) is 0.462. The number of benzene rings is 1. The largest absolute Gasteiger partial charge is 0.416 e. The van der Waals surface area contributed by atoms with Gasteiger partial charge in [0.05, 0.1) is 11.6 Å². The molecular weight excluding hydrogens is 276 g/mol. The van der Waals surface area contributed by atoms with Crippen LogP contribution >= 0.6 is 0 Å². The number of hydrogen-bond acceptors (Lipinski definition) is 2. The highest BCUT2D eigenvalue weighted by Crippen LogP contribution is 2.32. The summed E-state index contributed by atoms with van der Waals surface area (Å²) in [4.78, 5) is 11.5. The highest BCUT2D eigenvalue weighted by atomic mass is 19.4. The smallest absolute Gasteiger partial charge is 0.351 e. The van der Waals surface area contributed by atoms with Crippen molar-refractivity contribution in [1.29, 1.82) is 0 Å². The maximum absolute atomic E-state index is 12.9. The van der Waals surface area contributed by atoms with Gasteiger partial charge in [-0.2, -0.15) is 13.2 Å². The number of nitrogens with two attached hydrogens (primary N) is 1. The molecule has 0 radical (unpaired) electrons. The summed E-state index contributed by atoms with van der Waals surface area (Å²) in [5, 5.41) is 2.33. The minimum Gasteiger partial charge on any atom is -0.351 e. The average molecular weight is 292 g/mol. The number of carbonyl (C=O) groups excluding carboxylic acids is 1. The van der Waals surface area contributed by atoms with Crippen LogP contribution in [0.5, 0.6) is 0 Å². The second kappa shape index (κ2) is 6.69. The molecule has 0 heterocycles. The predicted octanol–water partition coefficient (Wildman–Crippen LogP) is 2.59. The van der Waals surface area contributed by atoms with Gasteiger partial charge in [-0.1, -0.05) is 19.4 Å². The molecule has 3 N–H and O–H groups in total. The molecule has 0 spiro atoms. The highest BCUT2D eigenvalue weighted by molar-refractivity contribution is 5.81. The second-order valence-electron chi connectivity index (χ2n) is 4.41. The van der Waals surface area contributed by atoms with Gasteiger partial charge in [0.15, 0.2) is 0 Å². The second-order valence-corrected chi connectivity index (χ2v) is 4.41. The Labute approximate surface area is 114 Å². The van der Waals surface area contributed by atoms with E-state index in [9.17, 15) is 22.4 Å². The van der Waals surface area contributed by atoms with E-state index in [-0.39, 0.29) is 12.1 Å². The molecule has 0 aliphatic carbocycles. The first kappa shape index (κ1) is 16.4. The zero-order valence-electron chi connectivity index (χ0n) is 10.9. The van der Waals surface area contributed by atoms with Crippen molar-refractivity contribution >= 4 is 5.91 Å². The summed E-state index contributed by atoms with van der Waals surface area (Å²) in [6, 6.07) is 1.58. The van der Waals surface area contributed by atoms with Crippen LogP contribution in [0.3, 0.4) is 0 Å². The first-order chi connectivity index (χ1) is 9.25. The third kappa shape index (κ3) is 4.48. The highest BCUT2D eigenvalue weighted by Gasteiger charge is 2.33. The van der Waals surface area contributed by atoms with Gasteiger partial charge in [-0.25, -0.2) is 4.39 Å². The summed E-state index contributed by atoms with van der Waals surface area (Å²) >= 11 is 0. The lowest BCUT2D eigenvalue weighted by molar-refractivity contribution is -0.138. The molecule has 1 rings (SSSR count). The van der Waals surface area contributed by atoms with Crippen LogP contribution in [-0.2, 0) is 17.5 Å². The monoisotopic (exact) mass is 292 g/mol. The summed E-state index contributed by atoms with van der Waals surface area (Å²) in [6.07, 6.45) is -3.53. The minimum atomic E-state index is -4.67. The molecule has 0 bridgehead atoms. The van der Waals surface area contributed by atoms with Crippen molar-refractivity contribution in [2.24, 2.45) is 5.73 Å². The molecule has 0 aliphatic rings. The van der Waals surface area contributed by atoms with E-state index in [0.29, 0.717) is 18.9 Å². The molecule has 20 heavy (non-hydrogen) atoms. The van der Waals surface area contributed by atoms with Crippen molar-refractivity contribution in [2.75, 3.05) is 0 Å². The number of alkyl halides is 3. The Kier molecular flexibility index (Phi) is 5.50. The average Bonchev–Trinajstić information content (AvgIpc) is 2.36. The van der Waals surface area contributed by atoms with Crippen molar-refractivity contribution in [2.45, 2.75) is 38.5 Å². The van der Waals surface area contributed by atoms with Crippen molar-refractivity contribution in [3.8, 4) is 0 Å². The first-order valence-corrected chi connectivity index (χ1v) is 6.14. The lowest BCUT2D eigenvalue weighted by Gasteiger charge is -2.15. The summed E-state index contributed by atoms with van der Waals surface area (Å²) in [5.41, 5.74) is 4.25. The third-order valence-corrected chi connectivity index (χ3v) is 2.77. The van der Waals surface area contributed by atoms with Crippen molar-refractivity contribution in [3.63, 3.8) is 0 Å². The Morgan fingerprint density at radius 2 is 2.05 bits per heavy atom. The number of amides is 1. The van der Waals surface area contributed by atoms with Crippen molar-refractivity contribution < 1.29 is 22.4 Å². The molecule has 1 aromatic rings. The van der Waals surface area contributed by atoms with E-state index >= 15 is 0 Å². The maximum Gasteiger partial charge on any atom is 0.416 e. The van der Waals surface area contributed by atoms with E-state index in [0.717, 1.165) is 12.1 Å². The molecule has 0 aliphatic heterocycles. The molecule has 1 amide bonds. The van der Waals surface area contributed by atoms with E-state index in [1.165, 1.54) is 0 Å². The fourth-order valence-electron chi connectivity index (χ4n) is 1.72. The molecule has 1 atom stereocenters. The molecule has 1 unspecified atom stereocenters. The molecule has 0 saturated carbocycles. The van der Waals surface area contributed by atoms with Crippen LogP contribution in [0.2, 0.25) is 0 Å². The standard InChI is InChI=1S/C13H16F4N2O/c1-2-3-11(18)12(20)19-7-8-4-5-9(14)6-10(8)13(15,16)17/h4-6,11H,2-3,7,18H2,1H3,(H,19,20). The van der Waals surface area contributed by atoms with Gasteiger partial charge in [-0.15, -0.1) is 0 Å². The molecule has 3 nitrogen and oxygen atoms in total. The maximum atomic E-state index is 12.9. The van der Waals surface area contributed by atoms with Gasteiger partial charge < -0.3 is 11.1 Å². The number of hydrogen-bond donors (Lipinski definition) is 2. The van der Waals surface area contributed by atoms with Crippen LogP contribution in [0.4, 0.5) is 17.6 Å². The summed E-state index contributed by atoms with van der Waals surface area (Å²) in [6.45, 7) is 1.50. The van der Waals surface area contributed by atoms with Gasteiger partial charge in [0.1, 0.15) is 5.82 Å². The van der Waals surface area contributed by atoms with E-state index in [2.05, 4.69) is 5.32 Å². The molecule has 7 heteroatoms. The van der Waals surface area contributed by atoms with Gasteiger partial charge in [-0.3, -0.25) is 4.79 Å². The van der Waals surface area contributed by atoms with Gasteiger partial charge in [0.25, 0.3) is 0 Å². The number of carbonyl (C=O) groups is 1. The van der Waals surface area contributed by atoms with Crippen LogP contribution in [-0.4, -0.2) is 11.9 Å². The molecule has 0 aromatic heterocycles. The Balaban J connectivity index is 2.81. The third-order valence-electron chi connectivity index (χ3n) is 2.77. The number of halogens is 4. The van der Waals surface area contributed by atoms with Crippen LogP contribution in [0, 0.1) is 5.82 Å². The zero-order valence-corrected chi connectivity index (χ0v) is 10.9. The molecule has 112 valence electrons. The summed E-state index contributed by atoms with van der Waals surface area (Å²) in [7, 11) is 0. The summed E-state index contributed by atoms with van der Waals surface area (Å²) in [5.74, 6) is -1.50. The number of nitrogens with one attached hydrogen (secondary N) is 1. The van der Waals surface area contributed by atoms with Crippen molar-refractivity contribution in [1.82, 2.24) is 5.32 Å². The van der Waals surface area contributed by atoms with E-state index in [4.69, 9.17) is 5.73 Å². The van der Waals surface area contributed by atoms with Crippen LogP contribution < -0.4 is 11.1 Å². The van der Waals surface area contributed by atoms with Crippen molar-refractivity contribution in [3.05, 3.63) is 35.1 Å². The molecule has 0 saturated heterocycles. The fourth-order valence-corrected chi connectivity index (χ4v) is 1.72. The lowest BCUT2D eigenvalue weighted by Crippen LogP contribution is -2.40. The Hall–Kier alpha value is -1.63. The Morgan fingerprint density at radius 1 is 1.40 bits per heavy atom. The topological polar surface area (TPSA) is 55.1 Å². The number of rotatable bonds is 5. The van der Waals surface area contributed by atoms with Crippen LogP contribution in [0.25, 0.3) is 0 Å². The van der Waals surface area contributed by atoms with Crippen LogP contribution in [0.15, 0.2) is 18.2 Å². The first-order valence-electron chi connectivity index (χ1n) is 6.14. The van der Waals surface area contributed by atoms with Gasteiger partial charge in [0, 0.05) is 6.54 Å². The molecular formula is C13H16F4N2O.